The van der Waals surface area contributed by atoms with Crippen molar-refractivity contribution in [2.24, 2.45) is 5.92 Å². The average molecular weight is 172 g/mol. The van der Waals surface area contributed by atoms with Crippen molar-refractivity contribution in [3.63, 3.8) is 0 Å². The lowest BCUT2D eigenvalue weighted by Crippen LogP contribution is -2.29. The molecule has 0 spiro atoms. The molecule has 0 aliphatic rings. The molecule has 0 aliphatic carbocycles. The molecule has 0 aromatic heterocycles. The molecule has 0 aromatic rings. The highest BCUT2D eigenvalue weighted by Gasteiger charge is 2.05. The van der Waals surface area contributed by atoms with Crippen molar-refractivity contribution < 1.29 is 0 Å². The van der Waals surface area contributed by atoms with Gasteiger partial charge < -0.3 is 4.90 Å². The number of nitrogens with zero attached hydrogens (tertiary/aromatic N) is 2. The first-order chi connectivity index (χ1) is 5.24. The zero-order valence-electron chi connectivity index (χ0n) is 7.25. The van der Waals surface area contributed by atoms with Crippen molar-refractivity contribution in [1.82, 2.24) is 4.90 Å². The lowest BCUT2D eigenvalue weighted by molar-refractivity contribution is 0.285. The summed E-state index contributed by atoms with van der Waals surface area (Å²) in [6.45, 7) is 6.90. The van der Waals surface area contributed by atoms with E-state index in [-0.39, 0.29) is 5.92 Å². The van der Waals surface area contributed by atoms with Gasteiger partial charge in [-0.15, -0.1) is 0 Å². The highest BCUT2D eigenvalue weighted by atomic mass is 32.1. The van der Waals surface area contributed by atoms with Crippen LogP contribution in [0.3, 0.4) is 0 Å². The number of hydrogen-bond donors (Lipinski definition) is 1. The van der Waals surface area contributed by atoms with E-state index in [1.165, 1.54) is 0 Å². The SMILES string of the molecule is CCN(CCS)CC(C)C#N. The Labute approximate surface area is 74.6 Å². The molecule has 2 nitrogen and oxygen atoms in total. The summed E-state index contributed by atoms with van der Waals surface area (Å²) in [6.07, 6.45) is 0. The molecule has 0 N–H and O–H groups in total. The van der Waals surface area contributed by atoms with Crippen molar-refractivity contribution in [3.05, 3.63) is 0 Å². The molecule has 3 heteroatoms. The van der Waals surface area contributed by atoms with Crippen LogP contribution < -0.4 is 0 Å². The Morgan fingerprint density at radius 3 is 2.64 bits per heavy atom. The topological polar surface area (TPSA) is 27.0 Å². The first-order valence-electron chi connectivity index (χ1n) is 3.97. The molecule has 0 bridgehead atoms. The van der Waals surface area contributed by atoms with E-state index in [4.69, 9.17) is 5.26 Å². The fraction of sp³-hybridized carbons (Fsp3) is 0.875. The third kappa shape index (κ3) is 5.11. The van der Waals surface area contributed by atoms with Gasteiger partial charge >= 0.3 is 0 Å². The van der Waals surface area contributed by atoms with Crippen molar-refractivity contribution in [2.75, 3.05) is 25.4 Å². The largest absolute Gasteiger partial charge is 0.302 e. The van der Waals surface area contributed by atoms with Crippen LogP contribution in [0.25, 0.3) is 0 Å². The standard InChI is InChI=1S/C8H16N2S/c1-3-10(4-5-11)7-8(2)6-9/h8,11H,3-5,7H2,1-2H3. The van der Waals surface area contributed by atoms with Gasteiger partial charge in [0, 0.05) is 18.8 Å². The number of hydrogen-bond acceptors (Lipinski definition) is 3. The lowest BCUT2D eigenvalue weighted by atomic mass is 10.2. The van der Waals surface area contributed by atoms with Crippen LogP contribution in [0.1, 0.15) is 13.8 Å². The van der Waals surface area contributed by atoms with Crippen molar-refractivity contribution in [3.8, 4) is 6.07 Å². The van der Waals surface area contributed by atoms with Crippen LogP contribution in [-0.4, -0.2) is 30.3 Å². The van der Waals surface area contributed by atoms with E-state index in [0.717, 1.165) is 25.4 Å². The van der Waals surface area contributed by atoms with Crippen LogP contribution in [0.5, 0.6) is 0 Å². The van der Waals surface area contributed by atoms with E-state index in [0.29, 0.717) is 0 Å². The van der Waals surface area contributed by atoms with Gasteiger partial charge in [-0.1, -0.05) is 6.92 Å². The van der Waals surface area contributed by atoms with Gasteiger partial charge in [0.2, 0.25) is 0 Å². The Hall–Kier alpha value is -0.200. The molecule has 0 saturated carbocycles. The van der Waals surface area contributed by atoms with E-state index < -0.39 is 0 Å². The summed E-state index contributed by atoms with van der Waals surface area (Å²) in [7, 11) is 0. The molecule has 1 atom stereocenters. The number of nitriles is 1. The van der Waals surface area contributed by atoms with Gasteiger partial charge in [-0.2, -0.15) is 17.9 Å². The maximum atomic E-state index is 8.55. The summed E-state index contributed by atoms with van der Waals surface area (Å²) in [4.78, 5) is 2.24. The predicted octanol–water partition coefficient (Wildman–Crippen LogP) is 1.40. The molecule has 0 saturated heterocycles. The second-order valence-corrected chi connectivity index (χ2v) is 3.09. The summed E-state index contributed by atoms with van der Waals surface area (Å²) in [6, 6.07) is 2.22. The number of rotatable bonds is 5. The Kier molecular flexibility index (Phi) is 6.39. The first kappa shape index (κ1) is 10.8. The Balaban J connectivity index is 3.60. The predicted molar refractivity (Wildman–Crippen MR) is 50.7 cm³/mol. The van der Waals surface area contributed by atoms with Gasteiger partial charge in [0.15, 0.2) is 0 Å². The Bertz CT molecular complexity index is 131. The molecular weight excluding hydrogens is 156 g/mol. The quantitative estimate of drug-likeness (QED) is 0.635. The minimum absolute atomic E-state index is 0.134. The van der Waals surface area contributed by atoms with Gasteiger partial charge in [-0.25, -0.2) is 0 Å². The summed E-state index contributed by atoms with van der Waals surface area (Å²) in [5, 5.41) is 8.55. The van der Waals surface area contributed by atoms with Crippen LogP contribution in [-0.2, 0) is 0 Å². The molecule has 0 aromatic carbocycles. The molecule has 11 heavy (non-hydrogen) atoms. The van der Waals surface area contributed by atoms with Gasteiger partial charge in [-0.05, 0) is 13.5 Å². The molecule has 0 heterocycles. The summed E-state index contributed by atoms with van der Waals surface area (Å²) in [5.74, 6) is 1.00. The van der Waals surface area contributed by atoms with Gasteiger partial charge in [0.25, 0.3) is 0 Å². The Morgan fingerprint density at radius 1 is 1.64 bits per heavy atom. The van der Waals surface area contributed by atoms with Gasteiger partial charge in [0.1, 0.15) is 0 Å². The third-order valence-corrected chi connectivity index (χ3v) is 1.82. The second kappa shape index (κ2) is 6.51. The van der Waals surface area contributed by atoms with E-state index in [1.807, 2.05) is 6.92 Å². The maximum Gasteiger partial charge on any atom is 0.0666 e. The number of thiol groups is 1. The lowest BCUT2D eigenvalue weighted by Gasteiger charge is -2.19. The first-order valence-corrected chi connectivity index (χ1v) is 4.60. The highest BCUT2D eigenvalue weighted by Crippen LogP contribution is 1.97. The summed E-state index contributed by atoms with van der Waals surface area (Å²) in [5.41, 5.74) is 0. The van der Waals surface area contributed by atoms with Gasteiger partial charge in [0.05, 0.1) is 12.0 Å². The van der Waals surface area contributed by atoms with Gasteiger partial charge in [-0.3, -0.25) is 0 Å². The summed E-state index contributed by atoms with van der Waals surface area (Å²) < 4.78 is 0. The molecular formula is C8H16N2S. The van der Waals surface area contributed by atoms with E-state index >= 15 is 0 Å². The van der Waals surface area contributed by atoms with Crippen LogP contribution in [0.4, 0.5) is 0 Å². The second-order valence-electron chi connectivity index (χ2n) is 2.65. The fourth-order valence-corrected chi connectivity index (χ4v) is 1.23. The zero-order valence-corrected chi connectivity index (χ0v) is 8.14. The molecule has 0 radical (unpaired) electrons. The van der Waals surface area contributed by atoms with Crippen LogP contribution >= 0.6 is 12.6 Å². The van der Waals surface area contributed by atoms with E-state index in [2.05, 4.69) is 30.5 Å². The molecule has 0 rings (SSSR count). The van der Waals surface area contributed by atoms with E-state index in [9.17, 15) is 0 Å². The monoisotopic (exact) mass is 172 g/mol. The maximum absolute atomic E-state index is 8.55. The molecule has 0 aliphatic heterocycles. The van der Waals surface area contributed by atoms with Crippen LogP contribution in [0.15, 0.2) is 0 Å². The fourth-order valence-electron chi connectivity index (χ4n) is 0.948. The normalized spacial score (nSPS) is 13.0. The van der Waals surface area contributed by atoms with Crippen LogP contribution in [0.2, 0.25) is 0 Å². The van der Waals surface area contributed by atoms with Crippen molar-refractivity contribution in [2.45, 2.75) is 13.8 Å². The average Bonchev–Trinajstić information content (AvgIpc) is 2.03. The van der Waals surface area contributed by atoms with Crippen LogP contribution in [0, 0.1) is 17.2 Å². The minimum atomic E-state index is 0.134. The molecule has 0 amide bonds. The van der Waals surface area contributed by atoms with Crippen molar-refractivity contribution in [1.29, 1.82) is 5.26 Å². The zero-order chi connectivity index (χ0) is 8.69. The molecule has 1 unspecified atom stereocenters. The van der Waals surface area contributed by atoms with E-state index in [1.54, 1.807) is 0 Å². The smallest absolute Gasteiger partial charge is 0.0666 e. The third-order valence-electron chi connectivity index (χ3n) is 1.62. The summed E-state index contributed by atoms with van der Waals surface area (Å²) >= 11 is 4.14. The highest BCUT2D eigenvalue weighted by molar-refractivity contribution is 7.80. The molecule has 0 fully saturated rings. The Morgan fingerprint density at radius 2 is 2.27 bits per heavy atom. The van der Waals surface area contributed by atoms with Crippen molar-refractivity contribution >= 4 is 12.6 Å². The minimum Gasteiger partial charge on any atom is -0.302 e. The molecule has 64 valence electrons.